The molecule has 4 heteroatoms. The molecule has 0 aromatic carbocycles. The molecule has 0 spiro atoms. The molecule has 1 N–H and O–H groups in total. The number of anilines is 1. The highest BCUT2D eigenvalue weighted by Crippen LogP contribution is 2.15. The first-order valence-corrected chi connectivity index (χ1v) is 7.14. The van der Waals surface area contributed by atoms with Crippen molar-refractivity contribution in [3.63, 3.8) is 0 Å². The molecule has 0 bridgehead atoms. The largest absolute Gasteiger partial charge is 0.345 e. The van der Waals surface area contributed by atoms with Crippen LogP contribution in [0.2, 0.25) is 0 Å². The average molecular weight is 252 g/mol. The van der Waals surface area contributed by atoms with Crippen molar-refractivity contribution in [1.82, 2.24) is 14.9 Å². The Kier molecular flexibility index (Phi) is 6.80. The fourth-order valence-corrected chi connectivity index (χ4v) is 2.02. The molecule has 0 atom stereocenters. The van der Waals surface area contributed by atoms with Gasteiger partial charge in [0, 0.05) is 26.3 Å². The molecule has 104 valence electrons. The molecule has 1 rings (SSSR count). The zero-order chi connectivity index (χ0) is 13.4. The van der Waals surface area contributed by atoms with Crippen LogP contribution in [0.15, 0.2) is 6.20 Å². The van der Waals surface area contributed by atoms with E-state index in [0.29, 0.717) is 0 Å². The fraction of sp³-hybridized carbons (Fsp3) is 0.786. The fourth-order valence-electron chi connectivity index (χ4n) is 2.02. The summed E-state index contributed by atoms with van der Waals surface area (Å²) in [5.74, 6) is 1.12. The van der Waals surface area contributed by atoms with Gasteiger partial charge in [-0.25, -0.2) is 4.98 Å². The van der Waals surface area contributed by atoms with Crippen molar-refractivity contribution >= 4 is 5.95 Å². The first kappa shape index (κ1) is 15.0. The van der Waals surface area contributed by atoms with Gasteiger partial charge in [0.2, 0.25) is 5.95 Å². The molecule has 0 unspecified atom stereocenters. The summed E-state index contributed by atoms with van der Waals surface area (Å²) in [6.45, 7) is 7.58. The van der Waals surface area contributed by atoms with Gasteiger partial charge in [0.15, 0.2) is 0 Å². The molecule has 0 aliphatic heterocycles. The van der Waals surface area contributed by atoms with E-state index in [-0.39, 0.29) is 0 Å². The van der Waals surface area contributed by atoms with Gasteiger partial charge in [0.05, 0.1) is 5.69 Å². The van der Waals surface area contributed by atoms with Crippen molar-refractivity contribution in [3.05, 3.63) is 11.9 Å². The van der Waals surface area contributed by atoms with Gasteiger partial charge in [-0.1, -0.05) is 20.3 Å². The summed E-state index contributed by atoms with van der Waals surface area (Å²) >= 11 is 0. The van der Waals surface area contributed by atoms with Crippen LogP contribution in [-0.2, 0) is 13.0 Å². The minimum absolute atomic E-state index is 1.01. The van der Waals surface area contributed by atoms with E-state index in [2.05, 4.69) is 41.9 Å². The molecule has 0 aliphatic rings. The highest BCUT2D eigenvalue weighted by atomic mass is 15.3. The van der Waals surface area contributed by atoms with Crippen molar-refractivity contribution in [1.29, 1.82) is 0 Å². The average Bonchev–Trinajstić information content (AvgIpc) is 2.79. The van der Waals surface area contributed by atoms with E-state index < -0.39 is 0 Å². The van der Waals surface area contributed by atoms with E-state index in [9.17, 15) is 0 Å². The second kappa shape index (κ2) is 8.14. The Morgan fingerprint density at radius 3 is 2.72 bits per heavy atom. The van der Waals surface area contributed by atoms with Crippen LogP contribution >= 0.6 is 0 Å². The van der Waals surface area contributed by atoms with Crippen molar-refractivity contribution in [3.8, 4) is 0 Å². The van der Waals surface area contributed by atoms with Gasteiger partial charge in [-0.15, -0.1) is 0 Å². The normalized spacial score (nSPS) is 10.9. The van der Waals surface area contributed by atoms with E-state index in [1.807, 2.05) is 7.05 Å². The van der Waals surface area contributed by atoms with Crippen LogP contribution in [0.25, 0.3) is 0 Å². The Bertz CT molecular complexity index is 333. The van der Waals surface area contributed by atoms with Crippen molar-refractivity contribution in [2.45, 2.75) is 46.1 Å². The van der Waals surface area contributed by atoms with E-state index in [0.717, 1.165) is 38.4 Å². The van der Waals surface area contributed by atoms with Gasteiger partial charge in [-0.2, -0.15) is 0 Å². The summed E-state index contributed by atoms with van der Waals surface area (Å²) in [5.41, 5.74) is 1.20. The molecule has 1 heterocycles. The molecule has 4 nitrogen and oxygen atoms in total. The highest BCUT2D eigenvalue weighted by Gasteiger charge is 2.10. The number of rotatable bonds is 9. The van der Waals surface area contributed by atoms with Crippen molar-refractivity contribution in [2.75, 3.05) is 32.1 Å². The monoisotopic (exact) mass is 252 g/mol. The van der Waals surface area contributed by atoms with Crippen molar-refractivity contribution in [2.24, 2.45) is 0 Å². The van der Waals surface area contributed by atoms with Crippen LogP contribution in [0.4, 0.5) is 5.95 Å². The van der Waals surface area contributed by atoms with Gasteiger partial charge < -0.3 is 14.8 Å². The van der Waals surface area contributed by atoms with Crippen LogP contribution in [0.1, 0.15) is 38.8 Å². The first-order chi connectivity index (χ1) is 8.72. The number of hydrogen-bond acceptors (Lipinski definition) is 3. The summed E-state index contributed by atoms with van der Waals surface area (Å²) in [4.78, 5) is 7.00. The molecule has 0 saturated carbocycles. The van der Waals surface area contributed by atoms with Crippen LogP contribution in [0.5, 0.6) is 0 Å². The number of unbranched alkanes of at least 4 members (excludes halogenated alkanes) is 1. The van der Waals surface area contributed by atoms with Crippen LogP contribution in [-0.4, -0.2) is 36.7 Å². The Labute approximate surface area is 111 Å². The van der Waals surface area contributed by atoms with Gasteiger partial charge in [0.1, 0.15) is 0 Å². The Morgan fingerprint density at radius 2 is 2.11 bits per heavy atom. The third kappa shape index (κ3) is 4.33. The zero-order valence-corrected chi connectivity index (χ0v) is 12.4. The van der Waals surface area contributed by atoms with Gasteiger partial charge in [-0.05, 0) is 32.9 Å². The summed E-state index contributed by atoms with van der Waals surface area (Å²) in [5, 5.41) is 3.19. The van der Waals surface area contributed by atoms with Gasteiger partial charge in [0.25, 0.3) is 0 Å². The molecular weight excluding hydrogens is 224 g/mol. The molecule has 0 amide bonds. The summed E-state index contributed by atoms with van der Waals surface area (Å²) in [7, 11) is 4.14. The van der Waals surface area contributed by atoms with Crippen LogP contribution in [0.3, 0.4) is 0 Å². The predicted octanol–water partition coefficient (Wildman–Crippen LogP) is 2.29. The molecule has 0 aliphatic carbocycles. The Morgan fingerprint density at radius 1 is 1.33 bits per heavy atom. The summed E-state index contributed by atoms with van der Waals surface area (Å²) in [6, 6.07) is 0. The summed E-state index contributed by atoms with van der Waals surface area (Å²) in [6.07, 6.45) is 6.81. The minimum atomic E-state index is 1.01. The van der Waals surface area contributed by atoms with E-state index in [1.165, 1.54) is 18.5 Å². The zero-order valence-electron chi connectivity index (χ0n) is 12.4. The molecule has 1 aromatic heterocycles. The lowest BCUT2D eigenvalue weighted by Gasteiger charge is -2.19. The third-order valence-corrected chi connectivity index (χ3v) is 3.18. The smallest absolute Gasteiger partial charge is 0.205 e. The third-order valence-electron chi connectivity index (χ3n) is 3.18. The summed E-state index contributed by atoms with van der Waals surface area (Å²) < 4.78 is 2.31. The molecule has 0 radical (unpaired) electrons. The first-order valence-electron chi connectivity index (χ1n) is 7.14. The second-order valence-corrected chi connectivity index (χ2v) is 4.81. The molecule has 18 heavy (non-hydrogen) atoms. The molecule has 0 saturated heterocycles. The Balaban J connectivity index is 2.67. The molecule has 0 fully saturated rings. The number of hydrogen-bond donors (Lipinski definition) is 1. The number of aromatic nitrogens is 2. The quantitative estimate of drug-likeness (QED) is 0.685. The lowest BCUT2D eigenvalue weighted by molar-refractivity contribution is 0.616. The Hall–Kier alpha value is -1.03. The van der Waals surface area contributed by atoms with E-state index in [4.69, 9.17) is 4.98 Å². The number of nitrogens with one attached hydrogen (secondary N) is 1. The highest BCUT2D eigenvalue weighted by molar-refractivity contribution is 5.32. The van der Waals surface area contributed by atoms with Crippen LogP contribution < -0.4 is 10.2 Å². The lowest BCUT2D eigenvalue weighted by atomic mass is 10.3. The maximum absolute atomic E-state index is 4.73. The van der Waals surface area contributed by atoms with Crippen LogP contribution in [0, 0.1) is 0 Å². The second-order valence-electron chi connectivity index (χ2n) is 4.81. The number of imidazole rings is 1. The molecule has 1 aromatic rings. The van der Waals surface area contributed by atoms with Gasteiger partial charge >= 0.3 is 0 Å². The van der Waals surface area contributed by atoms with Crippen molar-refractivity contribution < 1.29 is 0 Å². The topological polar surface area (TPSA) is 33.1 Å². The minimum Gasteiger partial charge on any atom is -0.345 e. The number of nitrogens with zero attached hydrogens (tertiary/aromatic N) is 3. The number of aryl methyl sites for hydroxylation is 2. The van der Waals surface area contributed by atoms with E-state index >= 15 is 0 Å². The predicted molar refractivity (Wildman–Crippen MR) is 78.3 cm³/mol. The SMILES string of the molecule is CCCCn1cc(CC)nc1N(C)CCCNC. The maximum Gasteiger partial charge on any atom is 0.205 e. The maximum atomic E-state index is 4.73. The van der Waals surface area contributed by atoms with E-state index in [1.54, 1.807) is 0 Å². The standard InChI is InChI=1S/C14H28N4/c1-5-7-11-18-12-13(6-2)16-14(18)17(4)10-8-9-15-3/h12,15H,5-11H2,1-4H3. The lowest BCUT2D eigenvalue weighted by Crippen LogP contribution is -2.25. The van der Waals surface area contributed by atoms with Gasteiger partial charge in [-0.3, -0.25) is 0 Å². The molecular formula is C14H28N4.